The van der Waals surface area contributed by atoms with Gasteiger partial charge in [-0.25, -0.2) is 4.68 Å². The number of ether oxygens (including phenoxy) is 2. The largest absolute Gasteiger partial charge is 0.490 e. The Morgan fingerprint density at radius 3 is 2.32 bits per heavy atom. The third-order valence-corrected chi connectivity index (χ3v) is 7.44. The van der Waals surface area contributed by atoms with Gasteiger partial charge in [-0.3, -0.25) is 9.69 Å². The van der Waals surface area contributed by atoms with E-state index in [0.717, 1.165) is 68.4 Å². The van der Waals surface area contributed by atoms with Crippen LogP contribution in [-0.4, -0.2) is 51.7 Å². The van der Waals surface area contributed by atoms with Crippen molar-refractivity contribution in [2.24, 2.45) is 17.3 Å². The summed E-state index contributed by atoms with van der Waals surface area (Å²) < 4.78 is 13.2. The number of carbonyl (C=O) groups excluding carboxylic acids is 1. The summed E-state index contributed by atoms with van der Waals surface area (Å²) in [6.07, 6.45) is 8.73. The van der Waals surface area contributed by atoms with Gasteiger partial charge in [-0.1, -0.05) is 26.0 Å². The Hall–Kier alpha value is -2.41. The number of hydrogen-bond acceptors (Lipinski definition) is 6. The van der Waals surface area contributed by atoms with Crippen molar-refractivity contribution < 1.29 is 14.3 Å². The fourth-order valence-electron chi connectivity index (χ4n) is 5.23. The average molecular weight is 469 g/mol. The Labute approximate surface area is 203 Å². The lowest BCUT2D eigenvalue weighted by Crippen LogP contribution is -2.36. The van der Waals surface area contributed by atoms with Crippen LogP contribution in [0.1, 0.15) is 71.9 Å². The molecule has 0 bridgehead atoms. The summed E-state index contributed by atoms with van der Waals surface area (Å²) in [7, 11) is 0. The van der Waals surface area contributed by atoms with E-state index >= 15 is 0 Å². The van der Waals surface area contributed by atoms with Crippen molar-refractivity contribution in [3.8, 4) is 11.4 Å². The van der Waals surface area contributed by atoms with Crippen LogP contribution in [0.4, 0.5) is 0 Å². The van der Waals surface area contributed by atoms with Crippen molar-refractivity contribution in [3.05, 3.63) is 36.2 Å². The van der Waals surface area contributed by atoms with E-state index < -0.39 is 0 Å². The van der Waals surface area contributed by atoms with Gasteiger partial charge in [0, 0.05) is 6.54 Å². The lowest BCUT2D eigenvalue weighted by atomic mass is 9.72. The van der Waals surface area contributed by atoms with Gasteiger partial charge in [-0.2, -0.15) is 0 Å². The predicted octanol–water partition coefficient (Wildman–Crippen LogP) is 5.03. The van der Waals surface area contributed by atoms with Crippen molar-refractivity contribution >= 4 is 5.97 Å². The molecule has 7 heteroatoms. The number of benzene rings is 1. The van der Waals surface area contributed by atoms with Crippen molar-refractivity contribution in [2.45, 2.75) is 78.9 Å². The maximum Gasteiger partial charge on any atom is 0.309 e. The molecule has 0 unspecified atom stereocenters. The molecule has 1 saturated carbocycles. The van der Waals surface area contributed by atoms with Crippen LogP contribution in [0.5, 0.6) is 5.75 Å². The molecule has 1 aliphatic heterocycles. The molecule has 2 fully saturated rings. The lowest BCUT2D eigenvalue weighted by Gasteiger charge is -2.36. The van der Waals surface area contributed by atoms with Gasteiger partial charge in [0.1, 0.15) is 5.75 Å². The molecule has 1 aromatic heterocycles. The number of hydrogen-bond donors (Lipinski definition) is 0. The van der Waals surface area contributed by atoms with Crippen molar-refractivity contribution in [3.63, 3.8) is 0 Å². The fourth-order valence-corrected chi connectivity index (χ4v) is 5.23. The molecular formula is C27H40N4O3. The highest BCUT2D eigenvalue weighted by Crippen LogP contribution is 2.38. The van der Waals surface area contributed by atoms with Crippen LogP contribution < -0.4 is 4.74 Å². The smallest absolute Gasteiger partial charge is 0.309 e. The van der Waals surface area contributed by atoms with E-state index in [1.807, 2.05) is 42.1 Å². The SMILES string of the molecule is CCOC(=O)C1CCN(Cc2cn(-c3ccc(O[C@H]4CC[C@H](C(C)(C)C)CC4)cc3)nn2)CC1. The number of esters is 1. The quantitative estimate of drug-likeness (QED) is 0.531. The molecule has 2 aromatic rings. The molecule has 0 N–H and O–H groups in total. The van der Waals surface area contributed by atoms with Crippen LogP contribution in [0.25, 0.3) is 5.69 Å². The van der Waals surface area contributed by atoms with Gasteiger partial charge in [-0.15, -0.1) is 5.10 Å². The molecule has 34 heavy (non-hydrogen) atoms. The van der Waals surface area contributed by atoms with Gasteiger partial charge < -0.3 is 9.47 Å². The molecule has 1 saturated heterocycles. The highest BCUT2D eigenvalue weighted by Gasteiger charge is 2.30. The first-order valence-corrected chi connectivity index (χ1v) is 12.9. The molecule has 4 rings (SSSR count). The second kappa shape index (κ2) is 10.9. The van der Waals surface area contributed by atoms with Gasteiger partial charge in [0.05, 0.1) is 36.2 Å². The van der Waals surface area contributed by atoms with Crippen LogP contribution in [0, 0.1) is 17.3 Å². The van der Waals surface area contributed by atoms with Crippen molar-refractivity contribution in [2.75, 3.05) is 19.7 Å². The summed E-state index contributed by atoms with van der Waals surface area (Å²) in [5, 5.41) is 8.68. The predicted molar refractivity (Wildman–Crippen MR) is 132 cm³/mol. The molecular weight excluding hydrogens is 428 g/mol. The molecule has 0 spiro atoms. The van der Waals surface area contributed by atoms with Gasteiger partial charge in [0.15, 0.2) is 0 Å². The summed E-state index contributed by atoms with van der Waals surface area (Å²) in [5.41, 5.74) is 2.30. The monoisotopic (exact) mass is 468 g/mol. The van der Waals surface area contributed by atoms with E-state index in [1.54, 1.807) is 0 Å². The van der Waals surface area contributed by atoms with E-state index in [9.17, 15) is 4.79 Å². The number of likely N-dealkylation sites (tertiary alicyclic amines) is 1. The van der Waals surface area contributed by atoms with Crippen molar-refractivity contribution in [1.82, 2.24) is 19.9 Å². The van der Waals surface area contributed by atoms with Crippen LogP contribution in [-0.2, 0) is 16.1 Å². The van der Waals surface area contributed by atoms with E-state index in [0.29, 0.717) is 18.1 Å². The zero-order valence-electron chi connectivity index (χ0n) is 21.2. The van der Waals surface area contributed by atoms with Crippen LogP contribution >= 0.6 is 0 Å². The molecule has 7 nitrogen and oxygen atoms in total. The van der Waals surface area contributed by atoms with Crippen molar-refractivity contribution in [1.29, 1.82) is 0 Å². The molecule has 0 radical (unpaired) electrons. The van der Waals surface area contributed by atoms with E-state index in [4.69, 9.17) is 9.47 Å². The van der Waals surface area contributed by atoms with E-state index in [2.05, 4.69) is 36.0 Å². The highest BCUT2D eigenvalue weighted by atomic mass is 16.5. The van der Waals surface area contributed by atoms with Gasteiger partial charge >= 0.3 is 5.97 Å². The van der Waals surface area contributed by atoms with Gasteiger partial charge in [0.2, 0.25) is 0 Å². The van der Waals surface area contributed by atoms with Gasteiger partial charge in [0.25, 0.3) is 0 Å². The first kappa shape index (κ1) is 24.7. The summed E-state index contributed by atoms with van der Waals surface area (Å²) >= 11 is 0. The second-order valence-electron chi connectivity index (χ2n) is 10.9. The number of aromatic nitrogens is 3. The Balaban J connectivity index is 1.25. The minimum Gasteiger partial charge on any atom is -0.490 e. The molecule has 0 amide bonds. The topological polar surface area (TPSA) is 69.5 Å². The summed E-state index contributed by atoms with van der Waals surface area (Å²) in [6, 6.07) is 8.15. The zero-order chi connectivity index (χ0) is 24.1. The summed E-state index contributed by atoms with van der Waals surface area (Å²) in [4.78, 5) is 14.3. The molecule has 0 atom stereocenters. The standard InChI is InChI=1S/C27H40N4O3/c1-5-33-26(32)20-14-16-30(17-15-20)18-22-19-31(29-28-22)23-8-12-25(13-9-23)34-24-10-6-21(7-11-24)27(2,3)4/h8-9,12-13,19-21,24H,5-7,10-11,14-18H2,1-4H3/t21-,24-. The minimum atomic E-state index is -0.0573. The molecule has 1 aromatic carbocycles. The number of piperidine rings is 1. The Kier molecular flexibility index (Phi) is 7.91. The normalized spacial score (nSPS) is 22.5. The fraction of sp³-hybridized carbons (Fsp3) is 0.667. The third kappa shape index (κ3) is 6.38. The molecule has 186 valence electrons. The van der Waals surface area contributed by atoms with Gasteiger partial charge in [-0.05, 0) is 94.1 Å². The average Bonchev–Trinajstić information content (AvgIpc) is 3.28. The Morgan fingerprint density at radius 1 is 1.03 bits per heavy atom. The van der Waals surface area contributed by atoms with E-state index in [1.165, 1.54) is 12.8 Å². The van der Waals surface area contributed by atoms with Crippen LogP contribution in [0.15, 0.2) is 30.5 Å². The highest BCUT2D eigenvalue weighted by molar-refractivity contribution is 5.72. The molecule has 2 aliphatic rings. The zero-order valence-corrected chi connectivity index (χ0v) is 21.2. The lowest BCUT2D eigenvalue weighted by molar-refractivity contribution is -0.149. The summed E-state index contributed by atoms with van der Waals surface area (Å²) in [6.45, 7) is 11.8. The maximum absolute atomic E-state index is 11.9. The van der Waals surface area contributed by atoms with Crippen LogP contribution in [0.3, 0.4) is 0 Å². The minimum absolute atomic E-state index is 0.0288. The second-order valence-corrected chi connectivity index (χ2v) is 10.9. The van der Waals surface area contributed by atoms with Crippen LogP contribution in [0.2, 0.25) is 0 Å². The molecule has 2 heterocycles. The Morgan fingerprint density at radius 2 is 1.71 bits per heavy atom. The number of nitrogens with zero attached hydrogens (tertiary/aromatic N) is 4. The molecule has 1 aliphatic carbocycles. The summed E-state index contributed by atoms with van der Waals surface area (Å²) in [5.74, 6) is 1.69. The third-order valence-electron chi connectivity index (χ3n) is 7.44. The number of rotatable bonds is 7. The van der Waals surface area contributed by atoms with E-state index in [-0.39, 0.29) is 11.9 Å². The first-order chi connectivity index (χ1) is 16.3. The first-order valence-electron chi connectivity index (χ1n) is 12.9. The number of carbonyl (C=O) groups is 1. The Bertz CT molecular complexity index is 918. The maximum atomic E-state index is 11.9.